The molecule has 1 atom stereocenters. The fourth-order valence-corrected chi connectivity index (χ4v) is 3.18. The SMILES string of the molecule is COc1ccc(C2(C)NC(=O)N(Cc3ccccc3C)C2=O)cc1C. The number of urea groups is 1. The van der Waals surface area contributed by atoms with Crippen LogP contribution in [0.1, 0.15) is 29.2 Å². The van der Waals surface area contributed by atoms with Crippen LogP contribution in [0.3, 0.4) is 0 Å². The van der Waals surface area contributed by atoms with E-state index in [4.69, 9.17) is 4.74 Å². The van der Waals surface area contributed by atoms with E-state index in [1.165, 1.54) is 4.90 Å². The third-order valence-electron chi connectivity index (χ3n) is 4.84. The van der Waals surface area contributed by atoms with Gasteiger partial charge < -0.3 is 10.1 Å². The van der Waals surface area contributed by atoms with Gasteiger partial charge in [-0.15, -0.1) is 0 Å². The Balaban J connectivity index is 1.92. The molecule has 1 aliphatic heterocycles. The van der Waals surface area contributed by atoms with Crippen molar-refractivity contribution in [3.63, 3.8) is 0 Å². The van der Waals surface area contributed by atoms with Gasteiger partial charge in [0.15, 0.2) is 0 Å². The monoisotopic (exact) mass is 338 g/mol. The van der Waals surface area contributed by atoms with Crippen LogP contribution in [-0.2, 0) is 16.9 Å². The van der Waals surface area contributed by atoms with Gasteiger partial charge in [0.1, 0.15) is 11.3 Å². The van der Waals surface area contributed by atoms with Gasteiger partial charge in [0, 0.05) is 0 Å². The summed E-state index contributed by atoms with van der Waals surface area (Å²) < 4.78 is 5.27. The fourth-order valence-electron chi connectivity index (χ4n) is 3.18. The van der Waals surface area contributed by atoms with Crippen molar-refractivity contribution >= 4 is 11.9 Å². The zero-order valence-electron chi connectivity index (χ0n) is 14.9. The summed E-state index contributed by atoms with van der Waals surface area (Å²) in [6, 6.07) is 12.9. The third-order valence-corrected chi connectivity index (χ3v) is 4.84. The van der Waals surface area contributed by atoms with Gasteiger partial charge in [-0.1, -0.05) is 30.3 Å². The first-order valence-corrected chi connectivity index (χ1v) is 8.20. The Morgan fingerprint density at radius 1 is 1.08 bits per heavy atom. The predicted octanol–water partition coefficient (Wildman–Crippen LogP) is 3.28. The smallest absolute Gasteiger partial charge is 0.325 e. The lowest BCUT2D eigenvalue weighted by Gasteiger charge is -2.23. The molecule has 0 spiro atoms. The molecule has 130 valence electrons. The van der Waals surface area contributed by atoms with Crippen molar-refractivity contribution in [3.8, 4) is 5.75 Å². The number of carbonyl (C=O) groups excluding carboxylic acids is 2. The molecule has 0 radical (unpaired) electrons. The third kappa shape index (κ3) is 2.86. The maximum absolute atomic E-state index is 13.0. The first kappa shape index (κ1) is 17.0. The number of imide groups is 1. The number of rotatable bonds is 4. The standard InChI is InChI=1S/C20H22N2O3/c1-13-7-5-6-8-15(13)12-22-18(23)20(3,21-19(22)24)16-9-10-17(25-4)14(2)11-16/h5-11H,12H2,1-4H3,(H,21,24). The second-order valence-corrected chi connectivity index (χ2v) is 6.56. The molecule has 2 aromatic carbocycles. The summed E-state index contributed by atoms with van der Waals surface area (Å²) in [5.41, 5.74) is 2.60. The number of ether oxygens (including phenoxy) is 1. The van der Waals surface area contributed by atoms with Crippen LogP contribution in [0, 0.1) is 13.8 Å². The van der Waals surface area contributed by atoms with E-state index in [1.54, 1.807) is 14.0 Å². The first-order chi connectivity index (χ1) is 11.9. The second kappa shape index (κ2) is 6.24. The minimum absolute atomic E-state index is 0.245. The molecule has 1 saturated heterocycles. The molecule has 5 heteroatoms. The highest BCUT2D eigenvalue weighted by molar-refractivity contribution is 6.07. The molecule has 1 N–H and O–H groups in total. The average Bonchev–Trinajstić information content (AvgIpc) is 2.81. The molecule has 1 heterocycles. The lowest BCUT2D eigenvalue weighted by Crippen LogP contribution is -2.40. The van der Waals surface area contributed by atoms with Crippen molar-refractivity contribution in [1.82, 2.24) is 10.2 Å². The predicted molar refractivity (Wildman–Crippen MR) is 95.3 cm³/mol. The van der Waals surface area contributed by atoms with Crippen LogP contribution in [0.5, 0.6) is 5.75 Å². The average molecular weight is 338 g/mol. The second-order valence-electron chi connectivity index (χ2n) is 6.56. The number of hydrogen-bond acceptors (Lipinski definition) is 3. The fraction of sp³-hybridized carbons (Fsp3) is 0.300. The zero-order chi connectivity index (χ0) is 18.2. The Morgan fingerprint density at radius 3 is 2.44 bits per heavy atom. The van der Waals surface area contributed by atoms with E-state index >= 15 is 0 Å². The summed E-state index contributed by atoms with van der Waals surface area (Å²) in [4.78, 5) is 26.8. The van der Waals surface area contributed by atoms with E-state index in [-0.39, 0.29) is 18.5 Å². The van der Waals surface area contributed by atoms with Crippen LogP contribution >= 0.6 is 0 Å². The normalized spacial score (nSPS) is 19.9. The van der Waals surface area contributed by atoms with E-state index in [9.17, 15) is 9.59 Å². The first-order valence-electron chi connectivity index (χ1n) is 8.20. The van der Waals surface area contributed by atoms with Crippen molar-refractivity contribution in [2.75, 3.05) is 7.11 Å². The molecule has 0 aromatic heterocycles. The number of hydrogen-bond donors (Lipinski definition) is 1. The number of aryl methyl sites for hydroxylation is 2. The summed E-state index contributed by atoms with van der Waals surface area (Å²) in [6.45, 7) is 5.90. The molecule has 0 saturated carbocycles. The van der Waals surface area contributed by atoms with Gasteiger partial charge in [-0.2, -0.15) is 0 Å². The molecule has 1 aliphatic rings. The van der Waals surface area contributed by atoms with Gasteiger partial charge >= 0.3 is 6.03 Å². The Kier molecular flexibility index (Phi) is 4.25. The van der Waals surface area contributed by atoms with E-state index in [1.807, 2.05) is 56.3 Å². The van der Waals surface area contributed by atoms with Crippen LogP contribution in [0.2, 0.25) is 0 Å². The van der Waals surface area contributed by atoms with Crippen LogP contribution in [0.15, 0.2) is 42.5 Å². The maximum atomic E-state index is 13.0. The molecule has 3 rings (SSSR count). The highest BCUT2D eigenvalue weighted by Crippen LogP contribution is 2.32. The van der Waals surface area contributed by atoms with Gasteiger partial charge in [-0.3, -0.25) is 9.69 Å². The van der Waals surface area contributed by atoms with Gasteiger partial charge in [-0.25, -0.2) is 4.79 Å². The van der Waals surface area contributed by atoms with E-state index in [2.05, 4.69) is 5.32 Å². The van der Waals surface area contributed by atoms with Gasteiger partial charge in [-0.05, 0) is 55.2 Å². The molecule has 1 fully saturated rings. The summed E-state index contributed by atoms with van der Waals surface area (Å²) in [5, 5.41) is 2.85. The summed E-state index contributed by atoms with van der Waals surface area (Å²) in [5.74, 6) is 0.506. The van der Waals surface area contributed by atoms with Gasteiger partial charge in [0.2, 0.25) is 0 Å². The molecular formula is C20H22N2O3. The molecule has 0 aliphatic carbocycles. The summed E-state index contributed by atoms with van der Waals surface area (Å²) in [7, 11) is 1.61. The van der Waals surface area contributed by atoms with E-state index in [0.29, 0.717) is 0 Å². The Morgan fingerprint density at radius 2 is 1.80 bits per heavy atom. The van der Waals surface area contributed by atoms with E-state index in [0.717, 1.165) is 28.0 Å². The highest BCUT2D eigenvalue weighted by atomic mass is 16.5. The lowest BCUT2D eigenvalue weighted by atomic mass is 9.90. The van der Waals surface area contributed by atoms with Crippen molar-refractivity contribution in [3.05, 3.63) is 64.7 Å². The minimum Gasteiger partial charge on any atom is -0.496 e. The number of methoxy groups -OCH3 is 1. The number of carbonyl (C=O) groups is 2. The Bertz CT molecular complexity index is 847. The van der Waals surface area contributed by atoms with Crippen LogP contribution in [0.25, 0.3) is 0 Å². The molecule has 3 amide bonds. The largest absolute Gasteiger partial charge is 0.496 e. The number of nitrogens with zero attached hydrogens (tertiary/aromatic N) is 1. The molecule has 0 bridgehead atoms. The molecular weight excluding hydrogens is 316 g/mol. The summed E-state index contributed by atoms with van der Waals surface area (Å²) >= 11 is 0. The topological polar surface area (TPSA) is 58.6 Å². The van der Waals surface area contributed by atoms with Crippen LogP contribution in [-0.4, -0.2) is 23.9 Å². The van der Waals surface area contributed by atoms with Gasteiger partial charge in [0.05, 0.1) is 13.7 Å². The van der Waals surface area contributed by atoms with E-state index < -0.39 is 5.54 Å². The van der Waals surface area contributed by atoms with Crippen molar-refractivity contribution < 1.29 is 14.3 Å². The number of amides is 3. The van der Waals surface area contributed by atoms with Crippen molar-refractivity contribution in [1.29, 1.82) is 0 Å². The number of nitrogens with one attached hydrogen (secondary N) is 1. The molecule has 5 nitrogen and oxygen atoms in total. The number of benzene rings is 2. The van der Waals surface area contributed by atoms with Crippen LogP contribution in [0.4, 0.5) is 4.79 Å². The quantitative estimate of drug-likeness (QED) is 0.871. The van der Waals surface area contributed by atoms with Gasteiger partial charge in [0.25, 0.3) is 5.91 Å². The Labute approximate surface area is 147 Å². The van der Waals surface area contributed by atoms with Crippen molar-refractivity contribution in [2.45, 2.75) is 32.9 Å². The van der Waals surface area contributed by atoms with Crippen molar-refractivity contribution in [2.24, 2.45) is 0 Å². The lowest BCUT2D eigenvalue weighted by molar-refractivity contribution is -0.131. The minimum atomic E-state index is -1.07. The van der Waals surface area contributed by atoms with Crippen LogP contribution < -0.4 is 10.1 Å². The summed E-state index contributed by atoms with van der Waals surface area (Å²) in [6.07, 6.45) is 0. The molecule has 25 heavy (non-hydrogen) atoms. The molecule has 1 unspecified atom stereocenters. The molecule has 2 aromatic rings. The maximum Gasteiger partial charge on any atom is 0.325 e. The highest BCUT2D eigenvalue weighted by Gasteiger charge is 2.49. The Hall–Kier alpha value is -2.82. The zero-order valence-corrected chi connectivity index (χ0v) is 14.9.